The number of rotatable bonds is 5. The van der Waals surface area contributed by atoms with E-state index in [0.717, 1.165) is 22.7 Å². The molecule has 1 saturated carbocycles. The van der Waals surface area contributed by atoms with Crippen LogP contribution >= 0.6 is 11.8 Å². The second-order valence-corrected chi connectivity index (χ2v) is 6.27. The minimum Gasteiger partial charge on any atom is -0.341 e. The van der Waals surface area contributed by atoms with Crippen LogP contribution in [0.15, 0.2) is 17.7 Å². The van der Waals surface area contributed by atoms with Crippen molar-refractivity contribution in [3.05, 3.63) is 12.7 Å². The second-order valence-electron chi connectivity index (χ2n) is 4.98. The second kappa shape index (κ2) is 5.88. The Bertz CT molecular complexity index is 541. The highest BCUT2D eigenvalue weighted by Crippen LogP contribution is 2.35. The summed E-state index contributed by atoms with van der Waals surface area (Å²) in [6.45, 7) is 3.34. The summed E-state index contributed by atoms with van der Waals surface area (Å²) in [6, 6.07) is 0.677. The molecular formula is C13H19N5S. The van der Waals surface area contributed by atoms with Crippen molar-refractivity contribution in [2.75, 3.05) is 6.54 Å². The molecule has 2 aromatic rings. The average Bonchev–Trinajstić information content (AvgIpc) is 3.05. The number of fused-ring (bicyclic) bond motifs is 1. The summed E-state index contributed by atoms with van der Waals surface area (Å²) in [5, 5.41) is 5.29. The summed E-state index contributed by atoms with van der Waals surface area (Å²) in [5.41, 5.74) is 1.73. The van der Waals surface area contributed by atoms with E-state index in [2.05, 4.69) is 32.2 Å². The summed E-state index contributed by atoms with van der Waals surface area (Å²) in [6.07, 6.45) is 8.25. The fourth-order valence-corrected chi connectivity index (χ4v) is 3.85. The van der Waals surface area contributed by atoms with Crippen LogP contribution in [-0.4, -0.2) is 37.8 Å². The molecule has 1 aliphatic rings. The molecule has 6 heteroatoms. The van der Waals surface area contributed by atoms with Crippen molar-refractivity contribution in [1.82, 2.24) is 25.3 Å². The van der Waals surface area contributed by atoms with Crippen molar-refractivity contribution in [2.45, 2.75) is 48.9 Å². The number of hydrogen-bond acceptors (Lipinski definition) is 5. The van der Waals surface area contributed by atoms with E-state index in [1.165, 1.54) is 25.7 Å². The number of thioether (sulfide) groups is 1. The van der Waals surface area contributed by atoms with Crippen LogP contribution in [0.1, 0.15) is 32.6 Å². The van der Waals surface area contributed by atoms with Gasteiger partial charge in [-0.2, -0.15) is 0 Å². The van der Waals surface area contributed by atoms with Crippen LogP contribution in [0.4, 0.5) is 0 Å². The Hall–Kier alpha value is -1.14. The predicted octanol–water partition coefficient (Wildman–Crippen LogP) is 2.37. The van der Waals surface area contributed by atoms with Gasteiger partial charge in [-0.15, -0.1) is 11.8 Å². The van der Waals surface area contributed by atoms with Gasteiger partial charge in [0.15, 0.2) is 5.65 Å². The molecule has 0 spiro atoms. The number of aromatic nitrogens is 4. The third-order valence-electron chi connectivity index (χ3n) is 3.53. The Morgan fingerprint density at radius 2 is 2.32 bits per heavy atom. The molecule has 5 nitrogen and oxygen atoms in total. The number of imidazole rings is 1. The van der Waals surface area contributed by atoms with Crippen molar-refractivity contribution < 1.29 is 0 Å². The summed E-state index contributed by atoms with van der Waals surface area (Å²) in [7, 11) is 0. The number of aromatic amines is 1. The van der Waals surface area contributed by atoms with Crippen LogP contribution in [-0.2, 0) is 0 Å². The smallest absolute Gasteiger partial charge is 0.181 e. The molecule has 0 aromatic carbocycles. The Labute approximate surface area is 117 Å². The van der Waals surface area contributed by atoms with Gasteiger partial charge in [-0.05, 0) is 32.2 Å². The molecule has 2 N–H and O–H groups in total. The Kier molecular flexibility index (Phi) is 3.98. The number of nitrogens with zero attached hydrogens (tertiary/aromatic N) is 3. The normalized spacial score (nSPS) is 23.2. The Morgan fingerprint density at radius 3 is 3.21 bits per heavy atom. The molecule has 19 heavy (non-hydrogen) atoms. The molecule has 1 fully saturated rings. The summed E-state index contributed by atoms with van der Waals surface area (Å²) >= 11 is 1.86. The van der Waals surface area contributed by atoms with Crippen molar-refractivity contribution in [3.63, 3.8) is 0 Å². The first-order valence-corrected chi connectivity index (χ1v) is 7.79. The maximum absolute atomic E-state index is 4.39. The molecule has 0 amide bonds. The van der Waals surface area contributed by atoms with E-state index >= 15 is 0 Å². The van der Waals surface area contributed by atoms with Crippen LogP contribution in [0, 0.1) is 0 Å². The van der Waals surface area contributed by atoms with Crippen LogP contribution < -0.4 is 5.32 Å². The summed E-state index contributed by atoms with van der Waals surface area (Å²) < 4.78 is 0. The SMILES string of the molecule is CCCNC1CCC(Sc2ncnc3nc[nH]c23)C1. The Morgan fingerprint density at radius 1 is 1.37 bits per heavy atom. The van der Waals surface area contributed by atoms with Gasteiger partial charge in [0.05, 0.1) is 6.33 Å². The molecule has 2 aromatic heterocycles. The van der Waals surface area contributed by atoms with Gasteiger partial charge in [-0.3, -0.25) is 0 Å². The van der Waals surface area contributed by atoms with Gasteiger partial charge in [0, 0.05) is 11.3 Å². The van der Waals surface area contributed by atoms with E-state index in [0.29, 0.717) is 11.3 Å². The molecular weight excluding hydrogens is 258 g/mol. The van der Waals surface area contributed by atoms with Crippen molar-refractivity contribution in [2.24, 2.45) is 0 Å². The quantitative estimate of drug-likeness (QED) is 0.821. The lowest BCUT2D eigenvalue weighted by Gasteiger charge is -2.12. The lowest BCUT2D eigenvalue weighted by Crippen LogP contribution is -2.27. The molecule has 0 aliphatic heterocycles. The zero-order chi connectivity index (χ0) is 13.1. The van der Waals surface area contributed by atoms with Crippen molar-refractivity contribution in [1.29, 1.82) is 0 Å². The summed E-state index contributed by atoms with van der Waals surface area (Å²) in [5.74, 6) is 0. The molecule has 1 aliphatic carbocycles. The van der Waals surface area contributed by atoms with Crippen molar-refractivity contribution in [3.8, 4) is 0 Å². The first kappa shape index (κ1) is 12.9. The minimum atomic E-state index is 0.649. The average molecular weight is 277 g/mol. The third kappa shape index (κ3) is 2.90. The monoisotopic (exact) mass is 277 g/mol. The molecule has 2 heterocycles. The van der Waals surface area contributed by atoms with Gasteiger partial charge in [-0.25, -0.2) is 15.0 Å². The summed E-state index contributed by atoms with van der Waals surface area (Å²) in [4.78, 5) is 15.9. The van der Waals surface area contributed by atoms with Crippen LogP contribution in [0.5, 0.6) is 0 Å². The largest absolute Gasteiger partial charge is 0.341 e. The standard InChI is InChI=1S/C13H19N5S/c1-2-5-14-9-3-4-10(6-9)19-13-11-12(16-7-15-11)17-8-18-13/h7-10,14H,2-6H2,1H3,(H,15,16,17,18). The maximum Gasteiger partial charge on any atom is 0.181 e. The highest BCUT2D eigenvalue weighted by molar-refractivity contribution is 8.00. The minimum absolute atomic E-state index is 0.649. The van der Waals surface area contributed by atoms with Crippen LogP contribution in [0.3, 0.4) is 0 Å². The van der Waals surface area contributed by atoms with Gasteiger partial charge in [0.2, 0.25) is 0 Å². The van der Waals surface area contributed by atoms with Gasteiger partial charge in [0.25, 0.3) is 0 Å². The molecule has 102 valence electrons. The molecule has 3 rings (SSSR count). The van der Waals surface area contributed by atoms with E-state index in [-0.39, 0.29) is 0 Å². The van der Waals surface area contributed by atoms with E-state index < -0.39 is 0 Å². The van der Waals surface area contributed by atoms with Crippen molar-refractivity contribution >= 4 is 22.9 Å². The fraction of sp³-hybridized carbons (Fsp3) is 0.615. The van der Waals surface area contributed by atoms with Gasteiger partial charge < -0.3 is 10.3 Å². The number of H-pyrrole nitrogens is 1. The first-order valence-electron chi connectivity index (χ1n) is 6.91. The van der Waals surface area contributed by atoms with Crippen LogP contribution in [0.25, 0.3) is 11.2 Å². The zero-order valence-corrected chi connectivity index (χ0v) is 11.9. The van der Waals surface area contributed by atoms with Crippen LogP contribution in [0.2, 0.25) is 0 Å². The number of nitrogens with one attached hydrogen (secondary N) is 2. The highest BCUT2D eigenvalue weighted by atomic mass is 32.2. The molecule has 2 atom stereocenters. The maximum atomic E-state index is 4.39. The van der Waals surface area contributed by atoms with Gasteiger partial charge in [-0.1, -0.05) is 6.92 Å². The molecule has 0 bridgehead atoms. The lowest BCUT2D eigenvalue weighted by atomic mass is 10.2. The number of hydrogen-bond donors (Lipinski definition) is 2. The van der Waals surface area contributed by atoms with E-state index in [4.69, 9.17) is 0 Å². The first-order chi connectivity index (χ1) is 9.36. The third-order valence-corrected chi connectivity index (χ3v) is 4.83. The predicted molar refractivity (Wildman–Crippen MR) is 77.3 cm³/mol. The lowest BCUT2D eigenvalue weighted by molar-refractivity contribution is 0.524. The molecule has 0 saturated heterocycles. The molecule has 2 unspecified atom stereocenters. The Balaban J connectivity index is 1.64. The fourth-order valence-electron chi connectivity index (χ4n) is 2.57. The van der Waals surface area contributed by atoms with E-state index in [9.17, 15) is 0 Å². The zero-order valence-electron chi connectivity index (χ0n) is 11.1. The van der Waals surface area contributed by atoms with E-state index in [1.807, 2.05) is 11.8 Å². The van der Waals surface area contributed by atoms with E-state index in [1.54, 1.807) is 12.7 Å². The molecule has 0 radical (unpaired) electrons. The highest BCUT2D eigenvalue weighted by Gasteiger charge is 2.26. The van der Waals surface area contributed by atoms with Gasteiger partial charge >= 0.3 is 0 Å². The van der Waals surface area contributed by atoms with Gasteiger partial charge in [0.1, 0.15) is 16.9 Å². The topological polar surface area (TPSA) is 66.5 Å².